The van der Waals surface area contributed by atoms with E-state index in [-0.39, 0.29) is 12.7 Å². The molecule has 0 radical (unpaired) electrons. The number of fused-ring (bicyclic) bond motifs is 2. The Morgan fingerprint density at radius 1 is 0.696 bits per heavy atom. The van der Waals surface area contributed by atoms with Gasteiger partial charge < -0.3 is 43.0 Å². The van der Waals surface area contributed by atoms with Gasteiger partial charge in [-0.05, 0) is 43.3 Å². The monoisotopic (exact) mass is 681 g/mol. The van der Waals surface area contributed by atoms with E-state index in [1.54, 1.807) is 23.8 Å². The first-order valence-electron chi connectivity index (χ1n) is 16.0. The number of amides is 1. The lowest BCUT2D eigenvalue weighted by Crippen LogP contribution is -2.49. The topological polar surface area (TPSA) is 91.4 Å². The lowest BCUT2D eigenvalue weighted by atomic mass is 10.2. The lowest BCUT2D eigenvalue weighted by Gasteiger charge is -2.36. The first kappa shape index (κ1) is 36.7. The fourth-order valence-electron chi connectivity index (χ4n) is 5.05. The Morgan fingerprint density at radius 2 is 1.26 bits per heavy atom. The van der Waals surface area contributed by atoms with Crippen LogP contribution in [0.2, 0.25) is 5.02 Å². The minimum atomic E-state index is -0.282. The maximum Gasteiger partial charge on any atom is 0.409 e. The summed E-state index contributed by atoms with van der Waals surface area (Å²) in [6.45, 7) is 10.6. The van der Waals surface area contributed by atoms with Gasteiger partial charge in [-0.3, -0.25) is 4.90 Å². The predicted octanol–water partition coefficient (Wildman–Crippen LogP) is 4.82. The van der Waals surface area contributed by atoms with E-state index in [1.165, 1.54) is 21.2 Å². The second-order valence-corrected chi connectivity index (χ2v) is 12.2. The van der Waals surface area contributed by atoms with Crippen LogP contribution in [0.1, 0.15) is 6.42 Å². The number of methoxy groups -OCH3 is 1. The fourth-order valence-corrected chi connectivity index (χ4v) is 6.30. The third-order valence-electron chi connectivity index (χ3n) is 7.45. The average Bonchev–Trinajstić information content (AvgIpc) is 3.07. The molecule has 0 spiro atoms. The van der Waals surface area contributed by atoms with Crippen molar-refractivity contribution in [2.75, 3.05) is 131 Å². The average molecular weight is 682 g/mol. The van der Waals surface area contributed by atoms with E-state index < -0.39 is 0 Å². The summed E-state index contributed by atoms with van der Waals surface area (Å²) in [5, 5.41) is 0.749. The minimum absolute atomic E-state index is 0.223. The Labute approximate surface area is 282 Å². The molecule has 0 N–H and O–H groups in total. The van der Waals surface area contributed by atoms with Crippen molar-refractivity contribution >= 4 is 40.8 Å². The van der Waals surface area contributed by atoms with E-state index in [0.29, 0.717) is 85.8 Å². The molecule has 0 atom stereocenters. The third kappa shape index (κ3) is 12.8. The number of halogens is 1. The van der Waals surface area contributed by atoms with Crippen molar-refractivity contribution in [2.45, 2.75) is 16.2 Å². The van der Waals surface area contributed by atoms with Gasteiger partial charge >= 0.3 is 6.09 Å². The SMILES string of the molecule is COCCOCCOCCOCCOCCOCCOC(=O)N1CCN(CCCN2c3ccccc3Sc3ccc(Cl)cc32)CC1. The van der Waals surface area contributed by atoms with Crippen LogP contribution in [0.5, 0.6) is 0 Å². The molecule has 2 aliphatic rings. The Morgan fingerprint density at radius 3 is 1.89 bits per heavy atom. The number of rotatable bonds is 22. The zero-order valence-corrected chi connectivity index (χ0v) is 28.4. The molecule has 0 aromatic heterocycles. The smallest absolute Gasteiger partial charge is 0.409 e. The number of benzene rings is 2. The van der Waals surface area contributed by atoms with Gasteiger partial charge in [-0.2, -0.15) is 0 Å². The zero-order chi connectivity index (χ0) is 32.2. The van der Waals surface area contributed by atoms with Crippen LogP contribution in [0.15, 0.2) is 52.3 Å². The van der Waals surface area contributed by atoms with Gasteiger partial charge in [0.15, 0.2) is 0 Å². The number of carbonyl (C=O) groups excluding carboxylic acids is 1. The third-order valence-corrected chi connectivity index (χ3v) is 8.81. The predicted molar refractivity (Wildman–Crippen MR) is 179 cm³/mol. The van der Waals surface area contributed by atoms with Gasteiger partial charge in [-0.15, -0.1) is 0 Å². The molecule has 0 unspecified atom stereocenters. The summed E-state index contributed by atoms with van der Waals surface area (Å²) in [6.07, 6.45) is 0.723. The van der Waals surface area contributed by atoms with Crippen molar-refractivity contribution in [1.82, 2.24) is 9.80 Å². The molecule has 1 amide bonds. The molecule has 13 heteroatoms. The van der Waals surface area contributed by atoms with Crippen molar-refractivity contribution in [1.29, 1.82) is 0 Å². The van der Waals surface area contributed by atoms with Crippen molar-refractivity contribution < 1.29 is 38.0 Å². The van der Waals surface area contributed by atoms with Crippen molar-refractivity contribution in [3.05, 3.63) is 47.5 Å². The van der Waals surface area contributed by atoms with Crippen LogP contribution < -0.4 is 4.90 Å². The molecule has 0 saturated carbocycles. The van der Waals surface area contributed by atoms with Gasteiger partial charge in [0.1, 0.15) is 6.61 Å². The number of hydrogen-bond acceptors (Lipinski definition) is 11. The number of nitrogens with zero attached hydrogens (tertiary/aromatic N) is 3. The summed E-state index contributed by atoms with van der Waals surface area (Å²) in [6, 6.07) is 14.6. The molecular weight excluding hydrogens is 634 g/mol. The first-order valence-corrected chi connectivity index (χ1v) is 17.2. The van der Waals surface area contributed by atoms with Crippen LogP contribution in [0, 0.1) is 0 Å². The molecular formula is C33H48ClN3O8S. The molecule has 1 fully saturated rings. The van der Waals surface area contributed by atoms with Gasteiger partial charge in [0.25, 0.3) is 0 Å². The first-order chi connectivity index (χ1) is 22.7. The summed E-state index contributed by atoms with van der Waals surface area (Å²) in [5.74, 6) is 0. The minimum Gasteiger partial charge on any atom is -0.447 e. The van der Waals surface area contributed by atoms with Crippen LogP contribution >= 0.6 is 23.4 Å². The molecule has 2 heterocycles. The zero-order valence-electron chi connectivity index (χ0n) is 26.9. The molecule has 11 nitrogen and oxygen atoms in total. The molecule has 4 rings (SSSR count). The number of carbonyl (C=O) groups is 1. The number of piperazine rings is 1. The van der Waals surface area contributed by atoms with Crippen LogP contribution in [-0.4, -0.2) is 142 Å². The largest absolute Gasteiger partial charge is 0.447 e. The molecule has 0 aliphatic carbocycles. The maximum atomic E-state index is 12.5. The number of anilines is 2. The standard InChI is InChI=1S/C33H48ClN3O8S/c1-39-15-16-40-17-18-41-19-20-42-21-22-43-23-24-44-25-26-45-33(38)36-13-11-35(12-14-36)9-4-10-37-29-5-2-3-6-31(29)46-32-8-7-28(34)27-30(32)37/h2-3,5-8,27H,4,9-26H2,1H3. The van der Waals surface area contributed by atoms with E-state index in [2.05, 4.69) is 46.2 Å². The van der Waals surface area contributed by atoms with Crippen molar-refractivity contribution in [2.24, 2.45) is 0 Å². The van der Waals surface area contributed by atoms with Gasteiger partial charge in [0.05, 0.1) is 84.1 Å². The molecule has 2 aliphatic heterocycles. The van der Waals surface area contributed by atoms with Gasteiger partial charge in [0.2, 0.25) is 0 Å². The highest BCUT2D eigenvalue weighted by atomic mass is 35.5. The van der Waals surface area contributed by atoms with Crippen LogP contribution in [-0.2, 0) is 33.2 Å². The number of ether oxygens (including phenoxy) is 7. The molecule has 1 saturated heterocycles. The Kier molecular flexibility index (Phi) is 17.3. The van der Waals surface area contributed by atoms with E-state index in [9.17, 15) is 4.79 Å². The number of hydrogen-bond donors (Lipinski definition) is 0. The van der Waals surface area contributed by atoms with Crippen LogP contribution in [0.4, 0.5) is 16.2 Å². The van der Waals surface area contributed by atoms with E-state index >= 15 is 0 Å². The summed E-state index contributed by atoms with van der Waals surface area (Å²) < 4.78 is 37.5. The highest BCUT2D eigenvalue weighted by molar-refractivity contribution is 7.99. The Bertz CT molecular complexity index is 1160. The molecule has 2 aromatic rings. The highest BCUT2D eigenvalue weighted by Gasteiger charge is 2.25. The summed E-state index contributed by atoms with van der Waals surface area (Å²) in [4.78, 5) is 21.6. The van der Waals surface area contributed by atoms with Gasteiger partial charge in [-0.1, -0.05) is 35.5 Å². The highest BCUT2D eigenvalue weighted by Crippen LogP contribution is 2.48. The van der Waals surface area contributed by atoms with Crippen LogP contribution in [0.25, 0.3) is 0 Å². The normalized spacial score (nSPS) is 14.7. The molecule has 2 aromatic carbocycles. The quantitative estimate of drug-likeness (QED) is 0.160. The second kappa shape index (κ2) is 21.7. The Balaban J connectivity index is 0.972. The lowest BCUT2D eigenvalue weighted by molar-refractivity contribution is -0.0177. The fraction of sp³-hybridized carbons (Fsp3) is 0.606. The Hall–Kier alpha value is -2.13. The molecule has 46 heavy (non-hydrogen) atoms. The van der Waals surface area contributed by atoms with Gasteiger partial charge in [-0.25, -0.2) is 4.79 Å². The van der Waals surface area contributed by atoms with E-state index in [0.717, 1.165) is 37.6 Å². The van der Waals surface area contributed by atoms with Crippen LogP contribution in [0.3, 0.4) is 0 Å². The molecule has 256 valence electrons. The van der Waals surface area contributed by atoms with Crippen molar-refractivity contribution in [3.8, 4) is 0 Å². The van der Waals surface area contributed by atoms with E-state index in [4.69, 9.17) is 44.8 Å². The van der Waals surface area contributed by atoms with E-state index in [1.807, 2.05) is 6.07 Å². The van der Waals surface area contributed by atoms with Crippen molar-refractivity contribution in [3.63, 3.8) is 0 Å². The number of para-hydroxylation sites is 1. The second-order valence-electron chi connectivity index (χ2n) is 10.7. The summed E-state index contributed by atoms with van der Waals surface area (Å²) in [5.41, 5.74) is 2.39. The summed E-state index contributed by atoms with van der Waals surface area (Å²) >= 11 is 8.15. The molecule has 0 bridgehead atoms. The summed E-state index contributed by atoms with van der Waals surface area (Å²) in [7, 11) is 1.64. The maximum absolute atomic E-state index is 12.5. The van der Waals surface area contributed by atoms with Gasteiger partial charge in [0, 0.05) is 54.6 Å².